The third kappa shape index (κ3) is 5.76. The summed E-state index contributed by atoms with van der Waals surface area (Å²) in [6.45, 7) is 3.46. The Hall–Kier alpha value is -3.49. The zero-order valence-corrected chi connectivity index (χ0v) is 17.4. The lowest BCUT2D eigenvalue weighted by molar-refractivity contribution is -0.125. The molecule has 0 saturated carbocycles. The van der Waals surface area contributed by atoms with Gasteiger partial charge in [-0.3, -0.25) is 9.59 Å². The molecule has 2 amide bonds. The van der Waals surface area contributed by atoms with Gasteiger partial charge in [-0.05, 0) is 25.0 Å². The number of ether oxygens (including phenoxy) is 3. The SMILES string of the molecule is CCC(CC)NC(=O)COC(=O)c1cc(OC)c(OC)cc1NC(=O)c1ccco1. The average Bonchev–Trinajstić information content (AvgIpc) is 3.30. The minimum atomic E-state index is -0.801. The van der Waals surface area contributed by atoms with Gasteiger partial charge in [-0.25, -0.2) is 4.79 Å². The molecule has 0 aliphatic heterocycles. The van der Waals surface area contributed by atoms with Crippen molar-refractivity contribution in [2.75, 3.05) is 26.1 Å². The van der Waals surface area contributed by atoms with Gasteiger partial charge in [0, 0.05) is 18.2 Å². The fourth-order valence-corrected chi connectivity index (χ4v) is 2.71. The van der Waals surface area contributed by atoms with Gasteiger partial charge in [0.1, 0.15) is 0 Å². The standard InChI is InChI=1S/C21H26N2O7/c1-5-13(6-2)22-19(24)12-30-21(26)14-10-17(27-3)18(28-4)11-15(14)23-20(25)16-8-7-9-29-16/h7-11,13H,5-6,12H2,1-4H3,(H,22,24)(H,23,25). The zero-order valence-electron chi connectivity index (χ0n) is 17.4. The topological polar surface area (TPSA) is 116 Å². The number of benzene rings is 1. The molecule has 0 bridgehead atoms. The van der Waals surface area contributed by atoms with Crippen molar-refractivity contribution in [3.05, 3.63) is 41.9 Å². The summed E-state index contributed by atoms with van der Waals surface area (Å²) in [5.41, 5.74) is 0.127. The van der Waals surface area contributed by atoms with Crippen molar-refractivity contribution >= 4 is 23.5 Å². The lowest BCUT2D eigenvalue weighted by atomic mass is 10.1. The molecule has 2 N–H and O–H groups in total. The first-order valence-electron chi connectivity index (χ1n) is 9.50. The third-order valence-electron chi connectivity index (χ3n) is 4.42. The molecule has 2 aromatic rings. The van der Waals surface area contributed by atoms with Crippen LogP contribution >= 0.6 is 0 Å². The summed E-state index contributed by atoms with van der Waals surface area (Å²) >= 11 is 0. The van der Waals surface area contributed by atoms with E-state index in [2.05, 4.69) is 10.6 Å². The van der Waals surface area contributed by atoms with E-state index in [0.717, 1.165) is 12.8 Å². The molecule has 0 saturated heterocycles. The number of hydrogen-bond donors (Lipinski definition) is 2. The van der Waals surface area contributed by atoms with Gasteiger partial charge in [0.2, 0.25) is 0 Å². The summed E-state index contributed by atoms with van der Waals surface area (Å²) in [5.74, 6) is -1.14. The van der Waals surface area contributed by atoms with Gasteiger partial charge in [0.15, 0.2) is 23.9 Å². The smallest absolute Gasteiger partial charge is 0.340 e. The molecule has 0 aliphatic rings. The van der Waals surface area contributed by atoms with Gasteiger partial charge in [-0.1, -0.05) is 13.8 Å². The highest BCUT2D eigenvalue weighted by Crippen LogP contribution is 2.34. The molecule has 9 nitrogen and oxygen atoms in total. The summed E-state index contributed by atoms with van der Waals surface area (Å²) in [4.78, 5) is 37.1. The Kier molecular flexibility index (Phi) is 8.28. The molecule has 0 aliphatic carbocycles. The van der Waals surface area contributed by atoms with Crippen LogP contribution in [-0.2, 0) is 9.53 Å². The Labute approximate surface area is 174 Å². The normalized spacial score (nSPS) is 10.4. The minimum absolute atomic E-state index is 0.00268. The number of carbonyl (C=O) groups excluding carboxylic acids is 3. The van der Waals surface area contributed by atoms with Gasteiger partial charge in [-0.2, -0.15) is 0 Å². The Bertz CT molecular complexity index is 874. The van der Waals surface area contributed by atoms with E-state index in [1.54, 1.807) is 6.07 Å². The second-order valence-corrected chi connectivity index (χ2v) is 6.34. The predicted molar refractivity (Wildman–Crippen MR) is 109 cm³/mol. The molecule has 1 aromatic carbocycles. The van der Waals surface area contributed by atoms with Gasteiger partial charge in [0.05, 0.1) is 31.7 Å². The number of anilines is 1. The van der Waals surface area contributed by atoms with Crippen LogP contribution in [0.1, 0.15) is 47.6 Å². The highest BCUT2D eigenvalue weighted by Gasteiger charge is 2.22. The number of esters is 1. The Balaban J connectivity index is 2.22. The van der Waals surface area contributed by atoms with E-state index in [9.17, 15) is 14.4 Å². The Morgan fingerprint density at radius 3 is 2.30 bits per heavy atom. The molecule has 0 fully saturated rings. The molecule has 9 heteroatoms. The molecule has 0 spiro atoms. The number of rotatable bonds is 10. The first kappa shape index (κ1) is 22.8. The molecule has 1 aromatic heterocycles. The minimum Gasteiger partial charge on any atom is -0.493 e. The molecule has 0 radical (unpaired) electrons. The number of methoxy groups -OCH3 is 2. The molecular formula is C21H26N2O7. The first-order valence-corrected chi connectivity index (χ1v) is 9.50. The number of amides is 2. The van der Waals surface area contributed by atoms with Crippen LogP contribution in [-0.4, -0.2) is 44.7 Å². The maximum Gasteiger partial charge on any atom is 0.340 e. The Morgan fingerprint density at radius 2 is 1.73 bits per heavy atom. The first-order chi connectivity index (χ1) is 14.4. The van der Waals surface area contributed by atoms with Gasteiger partial charge in [-0.15, -0.1) is 0 Å². The molecule has 162 valence electrons. The summed E-state index contributed by atoms with van der Waals surface area (Å²) in [6.07, 6.45) is 2.90. The van der Waals surface area contributed by atoms with E-state index in [0.29, 0.717) is 5.75 Å². The molecule has 2 rings (SSSR count). The summed E-state index contributed by atoms with van der Waals surface area (Å²) < 4.78 is 20.7. The van der Waals surface area contributed by atoms with Gasteiger partial charge >= 0.3 is 5.97 Å². The van der Waals surface area contributed by atoms with Crippen LogP contribution in [0.5, 0.6) is 11.5 Å². The van der Waals surface area contributed by atoms with Crippen molar-refractivity contribution in [3.63, 3.8) is 0 Å². The van der Waals surface area contributed by atoms with Crippen molar-refractivity contribution in [2.45, 2.75) is 32.7 Å². The van der Waals surface area contributed by atoms with E-state index in [1.165, 1.54) is 38.7 Å². The lowest BCUT2D eigenvalue weighted by Gasteiger charge is -2.16. The number of carbonyl (C=O) groups is 3. The monoisotopic (exact) mass is 418 g/mol. The number of furan rings is 1. The van der Waals surface area contributed by atoms with E-state index in [-0.39, 0.29) is 28.8 Å². The highest BCUT2D eigenvalue weighted by molar-refractivity contribution is 6.07. The molecule has 1 heterocycles. The zero-order chi connectivity index (χ0) is 22.1. The highest BCUT2D eigenvalue weighted by atomic mass is 16.5. The van der Waals surface area contributed by atoms with Crippen molar-refractivity contribution in [3.8, 4) is 11.5 Å². The van der Waals surface area contributed by atoms with Crippen LogP contribution in [0.25, 0.3) is 0 Å². The van der Waals surface area contributed by atoms with E-state index in [1.807, 2.05) is 13.8 Å². The third-order valence-corrected chi connectivity index (χ3v) is 4.42. The van der Waals surface area contributed by atoms with E-state index in [4.69, 9.17) is 18.6 Å². The average molecular weight is 418 g/mol. The quantitative estimate of drug-likeness (QED) is 0.570. The van der Waals surface area contributed by atoms with Crippen LogP contribution in [0.3, 0.4) is 0 Å². The van der Waals surface area contributed by atoms with Gasteiger partial charge < -0.3 is 29.3 Å². The van der Waals surface area contributed by atoms with Crippen LogP contribution < -0.4 is 20.1 Å². The summed E-state index contributed by atoms with van der Waals surface area (Å²) in [7, 11) is 2.84. The van der Waals surface area contributed by atoms with Crippen LogP contribution in [0.15, 0.2) is 34.9 Å². The van der Waals surface area contributed by atoms with Crippen molar-refractivity contribution in [1.29, 1.82) is 0 Å². The largest absolute Gasteiger partial charge is 0.493 e. The molecule has 30 heavy (non-hydrogen) atoms. The van der Waals surface area contributed by atoms with Crippen LogP contribution in [0, 0.1) is 0 Å². The number of hydrogen-bond acceptors (Lipinski definition) is 7. The Morgan fingerprint density at radius 1 is 1.07 bits per heavy atom. The maximum atomic E-state index is 12.7. The molecule has 0 unspecified atom stereocenters. The number of nitrogens with one attached hydrogen (secondary N) is 2. The van der Waals surface area contributed by atoms with Crippen LogP contribution in [0.4, 0.5) is 5.69 Å². The van der Waals surface area contributed by atoms with Crippen molar-refractivity contribution in [1.82, 2.24) is 5.32 Å². The molecular weight excluding hydrogens is 392 g/mol. The van der Waals surface area contributed by atoms with Crippen molar-refractivity contribution < 1.29 is 33.0 Å². The molecule has 0 atom stereocenters. The van der Waals surface area contributed by atoms with E-state index < -0.39 is 24.4 Å². The lowest BCUT2D eigenvalue weighted by Crippen LogP contribution is -2.36. The second-order valence-electron chi connectivity index (χ2n) is 6.34. The van der Waals surface area contributed by atoms with Crippen molar-refractivity contribution in [2.24, 2.45) is 0 Å². The fraction of sp³-hybridized carbons (Fsp3) is 0.381. The maximum absolute atomic E-state index is 12.7. The predicted octanol–water partition coefficient (Wildman–Crippen LogP) is 3.01. The van der Waals surface area contributed by atoms with E-state index >= 15 is 0 Å². The van der Waals surface area contributed by atoms with Gasteiger partial charge in [0.25, 0.3) is 11.8 Å². The second kappa shape index (κ2) is 10.9. The van der Waals surface area contributed by atoms with Crippen LogP contribution in [0.2, 0.25) is 0 Å². The summed E-state index contributed by atoms with van der Waals surface area (Å²) in [5, 5.41) is 5.37. The summed E-state index contributed by atoms with van der Waals surface area (Å²) in [6, 6.07) is 5.87. The fourth-order valence-electron chi connectivity index (χ4n) is 2.71.